The summed E-state index contributed by atoms with van der Waals surface area (Å²) in [4.78, 5) is 24.4. The lowest BCUT2D eigenvalue weighted by Crippen LogP contribution is -2.46. The summed E-state index contributed by atoms with van der Waals surface area (Å²) in [6.07, 6.45) is 0. The average molecular weight is 451 g/mol. The van der Waals surface area contributed by atoms with E-state index in [9.17, 15) is 22.4 Å². The molecule has 2 aromatic rings. The number of aryl methyl sites for hydroxylation is 2. The Kier molecular flexibility index (Phi) is 8.29. The van der Waals surface area contributed by atoms with E-state index in [0.717, 1.165) is 5.56 Å². The SMILES string of the molecule is Cc1ccc(S(=O)(=O)N[C@H](C(=O)OCC(=O)NCc2ccc(C)c(F)c2)C(C)C)cc1. The van der Waals surface area contributed by atoms with E-state index >= 15 is 0 Å². The summed E-state index contributed by atoms with van der Waals surface area (Å²) in [5, 5.41) is 2.53. The number of halogens is 1. The molecular formula is C22H27FN2O5S. The second-order valence-electron chi connectivity index (χ2n) is 7.62. The summed E-state index contributed by atoms with van der Waals surface area (Å²) >= 11 is 0. The minimum Gasteiger partial charge on any atom is -0.454 e. The zero-order valence-electron chi connectivity index (χ0n) is 17.9. The Morgan fingerprint density at radius 3 is 2.29 bits per heavy atom. The number of benzene rings is 2. The lowest BCUT2D eigenvalue weighted by molar-refractivity contribution is -0.151. The van der Waals surface area contributed by atoms with E-state index in [1.54, 1.807) is 45.0 Å². The predicted molar refractivity (Wildman–Crippen MR) is 114 cm³/mol. The first-order chi connectivity index (χ1) is 14.5. The quantitative estimate of drug-likeness (QED) is 0.572. The lowest BCUT2D eigenvalue weighted by atomic mass is 10.1. The molecule has 0 heterocycles. The van der Waals surface area contributed by atoms with E-state index in [0.29, 0.717) is 11.1 Å². The van der Waals surface area contributed by atoms with Gasteiger partial charge >= 0.3 is 5.97 Å². The maximum atomic E-state index is 13.6. The van der Waals surface area contributed by atoms with Crippen molar-refractivity contribution in [1.82, 2.24) is 10.0 Å². The van der Waals surface area contributed by atoms with Gasteiger partial charge in [0.1, 0.15) is 11.9 Å². The minimum atomic E-state index is -3.95. The second-order valence-corrected chi connectivity index (χ2v) is 9.34. The number of amides is 1. The summed E-state index contributed by atoms with van der Waals surface area (Å²) in [5.74, 6) is -2.23. The highest BCUT2D eigenvalue weighted by molar-refractivity contribution is 7.89. The summed E-state index contributed by atoms with van der Waals surface area (Å²) < 4.78 is 46.1. The Hall–Kier alpha value is -2.78. The summed E-state index contributed by atoms with van der Waals surface area (Å²) in [7, 11) is -3.95. The fraction of sp³-hybridized carbons (Fsp3) is 0.364. The Morgan fingerprint density at radius 2 is 1.71 bits per heavy atom. The van der Waals surface area contributed by atoms with Crippen LogP contribution in [0.3, 0.4) is 0 Å². The molecule has 0 fully saturated rings. The van der Waals surface area contributed by atoms with Gasteiger partial charge in [-0.3, -0.25) is 9.59 Å². The normalized spacial score (nSPS) is 12.5. The van der Waals surface area contributed by atoms with E-state index in [4.69, 9.17) is 4.74 Å². The van der Waals surface area contributed by atoms with Crippen LogP contribution < -0.4 is 10.0 Å². The Bertz CT molecular complexity index is 1040. The van der Waals surface area contributed by atoms with Crippen LogP contribution in [0.5, 0.6) is 0 Å². The van der Waals surface area contributed by atoms with Gasteiger partial charge < -0.3 is 10.1 Å². The van der Waals surface area contributed by atoms with Crippen molar-refractivity contribution in [2.45, 2.75) is 45.2 Å². The third-order valence-electron chi connectivity index (χ3n) is 4.61. The molecule has 2 N–H and O–H groups in total. The minimum absolute atomic E-state index is 0.0274. The Morgan fingerprint density at radius 1 is 1.06 bits per heavy atom. The molecule has 0 aromatic heterocycles. The van der Waals surface area contributed by atoms with Gasteiger partial charge in [0.05, 0.1) is 4.90 Å². The molecule has 0 aliphatic heterocycles. The van der Waals surface area contributed by atoms with Crippen LogP contribution in [-0.4, -0.2) is 32.9 Å². The lowest BCUT2D eigenvalue weighted by Gasteiger charge is -2.20. The topological polar surface area (TPSA) is 102 Å². The van der Waals surface area contributed by atoms with Crippen molar-refractivity contribution in [1.29, 1.82) is 0 Å². The number of hydrogen-bond donors (Lipinski definition) is 2. The summed E-state index contributed by atoms with van der Waals surface area (Å²) in [5.41, 5.74) is 1.96. The number of sulfonamides is 1. The van der Waals surface area contributed by atoms with Crippen LogP contribution in [-0.2, 0) is 30.9 Å². The van der Waals surface area contributed by atoms with E-state index in [2.05, 4.69) is 10.0 Å². The first kappa shape index (κ1) is 24.5. The third kappa shape index (κ3) is 7.15. The smallest absolute Gasteiger partial charge is 0.324 e. The average Bonchev–Trinajstić information content (AvgIpc) is 2.71. The predicted octanol–water partition coefficient (Wildman–Crippen LogP) is 2.61. The van der Waals surface area contributed by atoms with Gasteiger partial charge in [0, 0.05) is 6.54 Å². The van der Waals surface area contributed by atoms with Gasteiger partial charge in [-0.2, -0.15) is 4.72 Å². The van der Waals surface area contributed by atoms with Gasteiger partial charge in [-0.15, -0.1) is 0 Å². The van der Waals surface area contributed by atoms with Crippen molar-refractivity contribution >= 4 is 21.9 Å². The molecule has 0 aliphatic rings. The molecule has 2 rings (SSSR count). The van der Waals surface area contributed by atoms with Gasteiger partial charge in [0.25, 0.3) is 5.91 Å². The molecule has 1 atom stereocenters. The van der Waals surface area contributed by atoms with Gasteiger partial charge in [0.15, 0.2) is 6.61 Å². The third-order valence-corrected chi connectivity index (χ3v) is 6.06. The molecule has 0 spiro atoms. The van der Waals surface area contributed by atoms with E-state index in [-0.39, 0.29) is 17.3 Å². The van der Waals surface area contributed by atoms with E-state index in [1.165, 1.54) is 18.2 Å². The van der Waals surface area contributed by atoms with Crippen LogP contribution in [0, 0.1) is 25.6 Å². The standard InChI is InChI=1S/C22H27FN2O5S/c1-14(2)21(25-31(28,29)18-9-5-15(3)6-10-18)22(27)30-13-20(26)24-12-17-8-7-16(4)19(23)11-17/h5-11,14,21,25H,12-13H2,1-4H3,(H,24,26)/t21-/m0/s1. The first-order valence-corrected chi connectivity index (χ1v) is 11.3. The van der Waals surface area contributed by atoms with Crippen LogP contribution in [0.15, 0.2) is 47.4 Å². The van der Waals surface area contributed by atoms with Crippen molar-refractivity contribution in [3.63, 3.8) is 0 Å². The Balaban J connectivity index is 1.93. The van der Waals surface area contributed by atoms with E-state index < -0.39 is 40.5 Å². The number of rotatable bonds is 9. The highest BCUT2D eigenvalue weighted by Crippen LogP contribution is 2.14. The molecule has 0 bridgehead atoms. The maximum Gasteiger partial charge on any atom is 0.324 e. The molecule has 7 nitrogen and oxygen atoms in total. The van der Waals surface area contributed by atoms with Gasteiger partial charge in [-0.05, 0) is 49.1 Å². The molecule has 9 heteroatoms. The monoisotopic (exact) mass is 450 g/mol. The number of carbonyl (C=O) groups is 2. The second kappa shape index (κ2) is 10.5. The van der Waals surface area contributed by atoms with Crippen LogP contribution in [0.2, 0.25) is 0 Å². The number of esters is 1. The summed E-state index contributed by atoms with van der Waals surface area (Å²) in [6, 6.07) is 9.64. The fourth-order valence-electron chi connectivity index (χ4n) is 2.63. The molecule has 0 saturated carbocycles. The molecule has 0 saturated heterocycles. The molecule has 0 aliphatic carbocycles. The van der Waals surface area contributed by atoms with Crippen molar-refractivity contribution in [2.24, 2.45) is 5.92 Å². The fourth-order valence-corrected chi connectivity index (χ4v) is 3.97. The van der Waals surface area contributed by atoms with Crippen molar-refractivity contribution < 1.29 is 27.1 Å². The zero-order chi connectivity index (χ0) is 23.2. The number of hydrogen-bond acceptors (Lipinski definition) is 5. The molecule has 1 amide bonds. The van der Waals surface area contributed by atoms with Crippen LogP contribution in [0.4, 0.5) is 4.39 Å². The molecule has 168 valence electrons. The molecule has 0 radical (unpaired) electrons. The molecular weight excluding hydrogens is 423 g/mol. The summed E-state index contributed by atoms with van der Waals surface area (Å²) in [6.45, 7) is 6.28. The van der Waals surface area contributed by atoms with Crippen LogP contribution >= 0.6 is 0 Å². The van der Waals surface area contributed by atoms with Gasteiger partial charge in [-0.25, -0.2) is 12.8 Å². The number of nitrogens with one attached hydrogen (secondary N) is 2. The number of carbonyl (C=O) groups excluding carboxylic acids is 2. The van der Waals surface area contributed by atoms with Crippen LogP contribution in [0.25, 0.3) is 0 Å². The first-order valence-electron chi connectivity index (χ1n) is 9.77. The van der Waals surface area contributed by atoms with Crippen molar-refractivity contribution in [2.75, 3.05) is 6.61 Å². The zero-order valence-corrected chi connectivity index (χ0v) is 18.8. The molecule has 2 aromatic carbocycles. The molecule has 0 unspecified atom stereocenters. The Labute approximate surface area is 182 Å². The van der Waals surface area contributed by atoms with E-state index in [1.807, 2.05) is 6.92 Å². The van der Waals surface area contributed by atoms with Gasteiger partial charge in [0.2, 0.25) is 10.0 Å². The molecule has 31 heavy (non-hydrogen) atoms. The highest BCUT2D eigenvalue weighted by atomic mass is 32.2. The highest BCUT2D eigenvalue weighted by Gasteiger charge is 2.30. The van der Waals surface area contributed by atoms with Gasteiger partial charge in [-0.1, -0.05) is 43.7 Å². The van der Waals surface area contributed by atoms with Crippen molar-refractivity contribution in [3.8, 4) is 0 Å². The van der Waals surface area contributed by atoms with Crippen molar-refractivity contribution in [3.05, 3.63) is 65.0 Å². The van der Waals surface area contributed by atoms with Crippen LogP contribution in [0.1, 0.15) is 30.5 Å². The number of ether oxygens (including phenoxy) is 1. The largest absolute Gasteiger partial charge is 0.454 e. The maximum absolute atomic E-state index is 13.6.